The summed E-state index contributed by atoms with van der Waals surface area (Å²) >= 11 is 0. The van der Waals surface area contributed by atoms with Gasteiger partial charge in [-0.1, -0.05) is 55.3 Å². The maximum Gasteiger partial charge on any atom is 0.314 e. The third-order valence-corrected chi connectivity index (χ3v) is 5.10. The molecule has 1 aliphatic carbocycles. The second kappa shape index (κ2) is 6.45. The molecular weight excluding hydrogens is 288 g/mol. The molecule has 3 heteroatoms. The first-order valence-corrected chi connectivity index (χ1v) is 8.11. The third kappa shape index (κ3) is 2.72. The van der Waals surface area contributed by atoms with E-state index in [1.54, 1.807) is 7.11 Å². The van der Waals surface area contributed by atoms with Crippen LogP contribution in [0.1, 0.15) is 42.7 Å². The van der Waals surface area contributed by atoms with Crippen molar-refractivity contribution in [3.05, 3.63) is 65.7 Å². The molecule has 0 aliphatic heterocycles. The predicted octanol–water partition coefficient (Wildman–Crippen LogP) is 4.38. The lowest BCUT2D eigenvalue weighted by Crippen LogP contribution is -2.44. The molecular formula is C20H22O3. The first-order chi connectivity index (χ1) is 11.2. The number of rotatable bonds is 4. The molecule has 1 fully saturated rings. The number of carboxylic acid groups (broad SMARTS) is 1. The van der Waals surface area contributed by atoms with Crippen molar-refractivity contribution < 1.29 is 14.6 Å². The normalized spacial score (nSPS) is 24.1. The van der Waals surface area contributed by atoms with Crippen molar-refractivity contribution in [2.24, 2.45) is 0 Å². The maximum absolute atomic E-state index is 12.4. The monoisotopic (exact) mass is 310 g/mol. The highest BCUT2D eigenvalue weighted by molar-refractivity contribution is 5.83. The van der Waals surface area contributed by atoms with Gasteiger partial charge in [-0.05, 0) is 36.1 Å². The minimum absolute atomic E-state index is 0.00310. The summed E-state index contributed by atoms with van der Waals surface area (Å²) in [5, 5.41) is 10.2. The van der Waals surface area contributed by atoms with E-state index in [9.17, 15) is 9.90 Å². The summed E-state index contributed by atoms with van der Waals surface area (Å²) in [6, 6.07) is 17.6. The van der Waals surface area contributed by atoms with Gasteiger partial charge in [-0.25, -0.2) is 0 Å². The molecule has 0 aromatic heterocycles. The van der Waals surface area contributed by atoms with E-state index in [4.69, 9.17) is 4.74 Å². The fraction of sp³-hybridized carbons (Fsp3) is 0.350. The molecule has 23 heavy (non-hydrogen) atoms. The zero-order valence-corrected chi connectivity index (χ0v) is 13.4. The Morgan fingerprint density at radius 1 is 1.09 bits per heavy atom. The summed E-state index contributed by atoms with van der Waals surface area (Å²) in [6.07, 6.45) is 3.60. The molecule has 2 aromatic rings. The van der Waals surface area contributed by atoms with Crippen LogP contribution < -0.4 is 4.74 Å². The SMILES string of the molecule is COc1ccc(C2(C(=O)O)CCCCC2c2ccccc2)cc1. The molecule has 3 nitrogen and oxygen atoms in total. The van der Waals surface area contributed by atoms with Gasteiger partial charge in [-0.15, -0.1) is 0 Å². The Labute approximate surface area is 136 Å². The van der Waals surface area contributed by atoms with Crippen LogP contribution in [0, 0.1) is 0 Å². The van der Waals surface area contributed by atoms with Gasteiger partial charge in [0.25, 0.3) is 0 Å². The zero-order valence-electron chi connectivity index (χ0n) is 13.4. The lowest BCUT2D eigenvalue weighted by atomic mass is 9.60. The van der Waals surface area contributed by atoms with Gasteiger partial charge < -0.3 is 9.84 Å². The van der Waals surface area contributed by atoms with E-state index in [0.29, 0.717) is 6.42 Å². The number of ether oxygens (including phenoxy) is 1. The Morgan fingerprint density at radius 2 is 1.78 bits per heavy atom. The van der Waals surface area contributed by atoms with Crippen LogP contribution in [0.15, 0.2) is 54.6 Å². The Balaban J connectivity index is 2.11. The molecule has 2 aromatic carbocycles. The Bertz CT molecular complexity index is 663. The van der Waals surface area contributed by atoms with E-state index in [-0.39, 0.29) is 5.92 Å². The molecule has 0 radical (unpaired) electrons. The molecule has 0 bridgehead atoms. The van der Waals surface area contributed by atoms with Gasteiger partial charge in [0, 0.05) is 5.92 Å². The lowest BCUT2D eigenvalue weighted by molar-refractivity contribution is -0.146. The average Bonchev–Trinajstić information content (AvgIpc) is 2.62. The number of aliphatic carboxylic acids is 1. The van der Waals surface area contributed by atoms with Crippen molar-refractivity contribution in [3.8, 4) is 5.75 Å². The van der Waals surface area contributed by atoms with Crippen molar-refractivity contribution in [1.82, 2.24) is 0 Å². The minimum Gasteiger partial charge on any atom is -0.497 e. The highest BCUT2D eigenvalue weighted by Gasteiger charge is 2.49. The van der Waals surface area contributed by atoms with Crippen LogP contribution in [0.4, 0.5) is 0 Å². The number of hydrogen-bond acceptors (Lipinski definition) is 2. The molecule has 1 N–H and O–H groups in total. The van der Waals surface area contributed by atoms with Crippen LogP contribution in [0.5, 0.6) is 5.75 Å². The van der Waals surface area contributed by atoms with Gasteiger partial charge in [-0.2, -0.15) is 0 Å². The van der Waals surface area contributed by atoms with Gasteiger partial charge in [0.1, 0.15) is 5.75 Å². The fourth-order valence-electron chi connectivity index (χ4n) is 3.92. The average molecular weight is 310 g/mol. The first-order valence-electron chi connectivity index (χ1n) is 8.11. The van der Waals surface area contributed by atoms with E-state index >= 15 is 0 Å². The predicted molar refractivity (Wildman–Crippen MR) is 90.0 cm³/mol. The molecule has 0 amide bonds. The largest absolute Gasteiger partial charge is 0.497 e. The van der Waals surface area contributed by atoms with Crippen molar-refractivity contribution in [1.29, 1.82) is 0 Å². The summed E-state index contributed by atoms with van der Waals surface area (Å²) in [5.41, 5.74) is 1.14. The van der Waals surface area contributed by atoms with Crippen LogP contribution in [0.25, 0.3) is 0 Å². The highest BCUT2D eigenvalue weighted by Crippen LogP contribution is 2.49. The Morgan fingerprint density at radius 3 is 2.39 bits per heavy atom. The summed E-state index contributed by atoms with van der Waals surface area (Å²) in [5.74, 6) is 0.0286. The Hall–Kier alpha value is -2.29. The van der Waals surface area contributed by atoms with Gasteiger partial charge >= 0.3 is 5.97 Å². The maximum atomic E-state index is 12.4. The number of carbonyl (C=O) groups is 1. The second-order valence-corrected chi connectivity index (χ2v) is 6.21. The molecule has 0 spiro atoms. The number of benzene rings is 2. The van der Waals surface area contributed by atoms with Gasteiger partial charge in [0.15, 0.2) is 0 Å². The van der Waals surface area contributed by atoms with Crippen molar-refractivity contribution in [2.75, 3.05) is 7.11 Å². The molecule has 2 unspecified atom stereocenters. The quantitative estimate of drug-likeness (QED) is 0.912. The van der Waals surface area contributed by atoms with E-state index in [1.807, 2.05) is 42.5 Å². The molecule has 0 saturated heterocycles. The molecule has 1 saturated carbocycles. The second-order valence-electron chi connectivity index (χ2n) is 6.21. The zero-order chi connectivity index (χ0) is 16.3. The number of carboxylic acids is 1. The van der Waals surface area contributed by atoms with Crippen LogP contribution >= 0.6 is 0 Å². The van der Waals surface area contributed by atoms with E-state index in [1.165, 1.54) is 0 Å². The minimum atomic E-state index is -0.855. The van der Waals surface area contributed by atoms with Gasteiger partial charge in [0.2, 0.25) is 0 Å². The molecule has 1 aliphatic rings. The molecule has 3 rings (SSSR count). The smallest absolute Gasteiger partial charge is 0.314 e. The summed E-state index contributed by atoms with van der Waals surface area (Å²) in [6.45, 7) is 0. The highest BCUT2D eigenvalue weighted by atomic mass is 16.5. The van der Waals surface area contributed by atoms with E-state index in [2.05, 4.69) is 12.1 Å². The van der Waals surface area contributed by atoms with Gasteiger partial charge in [0.05, 0.1) is 12.5 Å². The van der Waals surface area contributed by atoms with Crippen LogP contribution in [0.3, 0.4) is 0 Å². The first kappa shape index (κ1) is 15.6. The van der Waals surface area contributed by atoms with Crippen LogP contribution in [-0.2, 0) is 10.2 Å². The summed E-state index contributed by atoms with van der Waals surface area (Å²) in [4.78, 5) is 12.4. The van der Waals surface area contributed by atoms with Gasteiger partial charge in [-0.3, -0.25) is 4.79 Å². The lowest BCUT2D eigenvalue weighted by Gasteiger charge is -2.41. The summed E-state index contributed by atoms with van der Waals surface area (Å²) < 4.78 is 5.21. The molecule has 2 atom stereocenters. The van der Waals surface area contributed by atoms with Crippen molar-refractivity contribution in [3.63, 3.8) is 0 Å². The summed E-state index contributed by atoms with van der Waals surface area (Å²) in [7, 11) is 1.62. The van der Waals surface area contributed by atoms with Crippen molar-refractivity contribution >= 4 is 5.97 Å². The van der Waals surface area contributed by atoms with Crippen LogP contribution in [-0.4, -0.2) is 18.2 Å². The molecule has 0 heterocycles. The fourth-order valence-corrected chi connectivity index (χ4v) is 3.92. The van der Waals surface area contributed by atoms with E-state index < -0.39 is 11.4 Å². The number of methoxy groups -OCH3 is 1. The standard InChI is InChI=1S/C20H22O3/c1-23-17-12-10-16(11-13-17)20(19(21)22)14-6-5-9-18(20)15-7-3-2-4-8-15/h2-4,7-8,10-13,18H,5-6,9,14H2,1H3,(H,21,22). The van der Waals surface area contributed by atoms with Crippen molar-refractivity contribution in [2.45, 2.75) is 37.0 Å². The van der Waals surface area contributed by atoms with E-state index in [0.717, 1.165) is 36.1 Å². The Kier molecular flexibility index (Phi) is 4.37. The topological polar surface area (TPSA) is 46.5 Å². The third-order valence-electron chi connectivity index (χ3n) is 5.10. The van der Waals surface area contributed by atoms with Crippen LogP contribution in [0.2, 0.25) is 0 Å². The molecule has 120 valence electrons. The number of hydrogen-bond donors (Lipinski definition) is 1.